The summed E-state index contributed by atoms with van der Waals surface area (Å²) >= 11 is 0. The van der Waals surface area contributed by atoms with Crippen LogP contribution < -0.4 is 19.5 Å². The van der Waals surface area contributed by atoms with E-state index in [1.165, 1.54) is 18.4 Å². The first-order chi connectivity index (χ1) is 18.4. The predicted octanol–water partition coefficient (Wildman–Crippen LogP) is 5.48. The van der Waals surface area contributed by atoms with Gasteiger partial charge in [-0.05, 0) is 44.0 Å². The Morgan fingerprint density at radius 2 is 2.00 bits per heavy atom. The third kappa shape index (κ3) is 4.24. The van der Waals surface area contributed by atoms with Crippen LogP contribution in [0.1, 0.15) is 29.0 Å². The van der Waals surface area contributed by atoms with Crippen LogP contribution in [-0.2, 0) is 0 Å². The van der Waals surface area contributed by atoms with Gasteiger partial charge in [-0.2, -0.15) is 0 Å². The van der Waals surface area contributed by atoms with Crippen molar-refractivity contribution in [1.82, 2.24) is 15.2 Å². The minimum atomic E-state index is -0.183. The molecule has 1 aliphatic carbocycles. The van der Waals surface area contributed by atoms with Gasteiger partial charge in [0, 0.05) is 61.2 Å². The first-order valence-electron chi connectivity index (χ1n) is 12.8. The Morgan fingerprint density at radius 3 is 2.74 bits per heavy atom. The third-order valence-electron chi connectivity index (χ3n) is 7.72. The van der Waals surface area contributed by atoms with Crippen molar-refractivity contribution < 1.29 is 23.4 Å². The molecule has 0 unspecified atom stereocenters. The highest BCUT2D eigenvalue weighted by molar-refractivity contribution is 6.07. The van der Waals surface area contributed by atoms with Crippen LogP contribution in [-0.4, -0.2) is 56.2 Å². The van der Waals surface area contributed by atoms with Gasteiger partial charge in [0.15, 0.2) is 11.5 Å². The summed E-state index contributed by atoms with van der Waals surface area (Å²) in [4.78, 5) is 19.2. The molecule has 8 nitrogen and oxygen atoms in total. The molecule has 1 saturated heterocycles. The molecule has 3 heterocycles. The van der Waals surface area contributed by atoms with Crippen molar-refractivity contribution in [2.45, 2.75) is 19.8 Å². The molecular formula is C30H31N3O5. The fourth-order valence-electron chi connectivity index (χ4n) is 5.43. The number of amides is 1. The van der Waals surface area contributed by atoms with Crippen LogP contribution in [0.2, 0.25) is 0 Å². The highest BCUT2D eigenvalue weighted by Gasteiger charge is 2.50. The number of rotatable bonds is 8. The average Bonchev–Trinajstić information content (AvgIpc) is 3.53. The van der Waals surface area contributed by atoms with Gasteiger partial charge in [0.05, 0.1) is 18.2 Å². The zero-order valence-corrected chi connectivity index (χ0v) is 21.9. The number of pyridine rings is 1. The highest BCUT2D eigenvalue weighted by Crippen LogP contribution is 2.55. The summed E-state index contributed by atoms with van der Waals surface area (Å²) in [5.41, 5.74) is 3.60. The van der Waals surface area contributed by atoms with E-state index in [4.69, 9.17) is 18.6 Å². The van der Waals surface area contributed by atoms with Crippen molar-refractivity contribution in [3.63, 3.8) is 0 Å². The number of nitrogens with one attached hydrogen (secondary N) is 1. The Kier molecular flexibility index (Phi) is 5.99. The molecule has 0 atom stereocenters. The fourth-order valence-corrected chi connectivity index (χ4v) is 5.43. The number of methoxy groups -OCH3 is 1. The van der Waals surface area contributed by atoms with Crippen LogP contribution in [0.5, 0.6) is 23.0 Å². The number of carbonyl (C=O) groups is 1. The van der Waals surface area contributed by atoms with E-state index in [2.05, 4.69) is 21.8 Å². The Labute approximate surface area is 221 Å². The van der Waals surface area contributed by atoms with Gasteiger partial charge in [-0.25, -0.2) is 0 Å². The van der Waals surface area contributed by atoms with Crippen LogP contribution in [0, 0.1) is 12.3 Å². The van der Waals surface area contributed by atoms with Crippen molar-refractivity contribution in [2.24, 2.45) is 5.41 Å². The number of furan rings is 1. The molecular weight excluding hydrogens is 482 g/mol. The van der Waals surface area contributed by atoms with Gasteiger partial charge in [0.1, 0.15) is 29.4 Å². The van der Waals surface area contributed by atoms with E-state index in [1.807, 2.05) is 30.3 Å². The normalized spacial score (nSPS) is 16.3. The molecule has 2 aromatic heterocycles. The number of likely N-dealkylation sites (tertiary alicyclic amines) is 1. The Morgan fingerprint density at radius 1 is 1.16 bits per heavy atom. The molecule has 1 aliphatic heterocycles. The third-order valence-corrected chi connectivity index (χ3v) is 7.72. The number of hydrogen-bond acceptors (Lipinski definition) is 7. The second-order valence-electron chi connectivity index (χ2n) is 10.1. The zero-order chi connectivity index (χ0) is 26.4. The lowest BCUT2D eigenvalue weighted by atomic mass is 10.0. The highest BCUT2D eigenvalue weighted by atomic mass is 16.5. The molecule has 2 aromatic carbocycles. The van der Waals surface area contributed by atoms with Gasteiger partial charge in [0.2, 0.25) is 0 Å². The summed E-state index contributed by atoms with van der Waals surface area (Å²) in [5.74, 6) is 2.86. The minimum Gasteiger partial charge on any atom is -0.493 e. The summed E-state index contributed by atoms with van der Waals surface area (Å²) in [6, 6.07) is 11.0. The lowest BCUT2D eigenvalue weighted by molar-refractivity contribution is 0.0963. The minimum absolute atomic E-state index is 0.183. The fraction of sp³-hybridized carbons (Fsp3) is 0.333. The molecule has 1 spiro atoms. The molecule has 0 bridgehead atoms. The number of carbonyl (C=O) groups excluding carboxylic acids is 1. The molecule has 2 fully saturated rings. The molecule has 1 N–H and O–H groups in total. The monoisotopic (exact) mass is 513 g/mol. The van der Waals surface area contributed by atoms with Gasteiger partial charge >= 0.3 is 0 Å². The second-order valence-corrected chi connectivity index (χ2v) is 10.1. The number of fused-ring (bicyclic) bond motifs is 2. The van der Waals surface area contributed by atoms with Gasteiger partial charge in [-0.3, -0.25) is 14.7 Å². The molecule has 2 aliphatic rings. The molecule has 0 radical (unpaired) electrons. The number of benzene rings is 2. The van der Waals surface area contributed by atoms with Crippen molar-refractivity contribution in [3.8, 4) is 23.0 Å². The Hall–Kier alpha value is -4.04. The van der Waals surface area contributed by atoms with E-state index in [9.17, 15) is 4.79 Å². The molecule has 38 heavy (non-hydrogen) atoms. The van der Waals surface area contributed by atoms with Crippen LogP contribution >= 0.6 is 0 Å². The van der Waals surface area contributed by atoms with E-state index in [1.54, 1.807) is 33.3 Å². The maximum Gasteiger partial charge on any atom is 0.255 e. The number of aromatic nitrogens is 1. The van der Waals surface area contributed by atoms with E-state index in [-0.39, 0.29) is 5.91 Å². The van der Waals surface area contributed by atoms with Crippen LogP contribution in [0.3, 0.4) is 0 Å². The van der Waals surface area contributed by atoms with Crippen molar-refractivity contribution in [3.05, 3.63) is 66.1 Å². The first-order valence-corrected chi connectivity index (χ1v) is 12.8. The smallest absolute Gasteiger partial charge is 0.255 e. The lowest BCUT2D eigenvalue weighted by Gasteiger charge is -2.17. The SMILES string of the molecule is C=C1CN(CCOc2cc3nccc(Oc4ccc5c(C(=O)NC)c(C)oc5c4)c3cc2OC)CC12CC2. The van der Waals surface area contributed by atoms with Crippen molar-refractivity contribution in [2.75, 3.05) is 40.4 Å². The van der Waals surface area contributed by atoms with Gasteiger partial charge in [-0.15, -0.1) is 0 Å². The number of ether oxygens (including phenoxy) is 3. The topological polar surface area (TPSA) is 86.1 Å². The van der Waals surface area contributed by atoms with E-state index in [0.717, 1.165) is 35.9 Å². The summed E-state index contributed by atoms with van der Waals surface area (Å²) < 4.78 is 23.9. The number of nitrogens with zero attached hydrogens (tertiary/aromatic N) is 2. The summed E-state index contributed by atoms with van der Waals surface area (Å²) in [7, 11) is 3.23. The van der Waals surface area contributed by atoms with Crippen LogP contribution in [0.25, 0.3) is 21.9 Å². The van der Waals surface area contributed by atoms with Gasteiger partial charge in [-0.1, -0.05) is 12.2 Å². The van der Waals surface area contributed by atoms with E-state index < -0.39 is 0 Å². The maximum atomic E-state index is 12.3. The maximum absolute atomic E-state index is 12.3. The Bertz CT molecular complexity index is 1570. The molecule has 4 aromatic rings. The molecule has 8 heteroatoms. The zero-order valence-electron chi connectivity index (χ0n) is 21.9. The van der Waals surface area contributed by atoms with Crippen molar-refractivity contribution >= 4 is 27.8 Å². The van der Waals surface area contributed by atoms with E-state index in [0.29, 0.717) is 51.9 Å². The molecule has 1 saturated carbocycles. The second kappa shape index (κ2) is 9.36. The standard InChI is InChI=1S/C30H31N3O5/c1-18-16-33(17-30(18)8-9-30)11-12-36-27-15-23-22(14-26(27)35-4)24(7-10-32-23)38-20-5-6-21-25(13-20)37-19(2)28(21)29(34)31-3/h5-7,10,13-15H,1,8-9,11-12,16-17H2,2-4H3,(H,31,34). The summed E-state index contributed by atoms with van der Waals surface area (Å²) in [6.07, 6.45) is 4.24. The lowest BCUT2D eigenvalue weighted by Crippen LogP contribution is -2.26. The first kappa shape index (κ1) is 24.3. The molecule has 196 valence electrons. The molecule has 1 amide bonds. The molecule has 6 rings (SSSR count). The van der Waals surface area contributed by atoms with Crippen LogP contribution in [0.4, 0.5) is 0 Å². The quantitative estimate of drug-likeness (QED) is 0.312. The van der Waals surface area contributed by atoms with Crippen LogP contribution in [0.15, 0.2) is 59.2 Å². The number of hydrogen-bond donors (Lipinski definition) is 1. The largest absolute Gasteiger partial charge is 0.493 e. The average molecular weight is 514 g/mol. The summed E-state index contributed by atoms with van der Waals surface area (Å²) in [5, 5.41) is 4.19. The van der Waals surface area contributed by atoms with Gasteiger partial charge < -0.3 is 23.9 Å². The Balaban J connectivity index is 1.22. The summed E-state index contributed by atoms with van der Waals surface area (Å²) in [6.45, 7) is 9.49. The van der Waals surface area contributed by atoms with E-state index >= 15 is 0 Å². The van der Waals surface area contributed by atoms with Gasteiger partial charge in [0.25, 0.3) is 5.91 Å². The number of aryl methyl sites for hydroxylation is 1. The predicted molar refractivity (Wildman–Crippen MR) is 145 cm³/mol. The van der Waals surface area contributed by atoms with Crippen molar-refractivity contribution in [1.29, 1.82) is 0 Å².